The van der Waals surface area contributed by atoms with Gasteiger partial charge in [-0.05, 0) is 30.7 Å². The van der Waals surface area contributed by atoms with Gasteiger partial charge in [0.2, 0.25) is 0 Å². The van der Waals surface area contributed by atoms with Crippen LogP contribution in [0.15, 0.2) is 30.6 Å². The highest BCUT2D eigenvalue weighted by molar-refractivity contribution is 5.51. The van der Waals surface area contributed by atoms with Crippen molar-refractivity contribution in [3.8, 4) is 5.75 Å². The van der Waals surface area contributed by atoms with E-state index in [1.165, 1.54) is 11.1 Å². The lowest BCUT2D eigenvalue weighted by Crippen LogP contribution is -1.86. The van der Waals surface area contributed by atoms with E-state index < -0.39 is 0 Å². The largest absolute Gasteiger partial charge is 0.495 e. The predicted molar refractivity (Wildman–Crippen MR) is 48.7 cm³/mol. The molecular formula is C10H11NO. The lowest BCUT2D eigenvalue weighted by atomic mass is 10.3. The highest BCUT2D eigenvalue weighted by Gasteiger charge is 1.96. The lowest BCUT2D eigenvalue weighted by molar-refractivity contribution is 0.412. The molecule has 62 valence electrons. The Balaban J connectivity index is 2.66. The Hall–Kier alpha value is -1.44. The van der Waals surface area contributed by atoms with E-state index in [0.717, 1.165) is 5.75 Å². The van der Waals surface area contributed by atoms with Gasteiger partial charge < -0.3 is 9.14 Å². The molecule has 0 bridgehead atoms. The fraction of sp³-hybridized carbons (Fsp3) is 0.200. The van der Waals surface area contributed by atoms with E-state index in [1.807, 2.05) is 18.3 Å². The molecule has 2 aromatic heterocycles. The highest BCUT2D eigenvalue weighted by atomic mass is 16.5. The summed E-state index contributed by atoms with van der Waals surface area (Å²) in [7, 11) is 1.68. The summed E-state index contributed by atoms with van der Waals surface area (Å²) in [6.07, 6.45) is 4.06. The summed E-state index contributed by atoms with van der Waals surface area (Å²) >= 11 is 0. The minimum Gasteiger partial charge on any atom is -0.495 e. The van der Waals surface area contributed by atoms with Gasteiger partial charge in [0.15, 0.2) is 0 Å². The molecule has 2 heteroatoms. The van der Waals surface area contributed by atoms with Gasteiger partial charge >= 0.3 is 0 Å². The van der Waals surface area contributed by atoms with Crippen LogP contribution < -0.4 is 4.74 Å². The molecule has 0 N–H and O–H groups in total. The Morgan fingerprint density at radius 3 is 2.83 bits per heavy atom. The predicted octanol–water partition coefficient (Wildman–Crippen LogP) is 2.26. The first-order valence-corrected chi connectivity index (χ1v) is 3.92. The summed E-state index contributed by atoms with van der Waals surface area (Å²) in [6, 6.07) is 6.15. The molecule has 2 aromatic rings. The van der Waals surface area contributed by atoms with Crippen molar-refractivity contribution in [2.45, 2.75) is 6.92 Å². The molecule has 0 spiro atoms. The van der Waals surface area contributed by atoms with Crippen molar-refractivity contribution in [3.63, 3.8) is 0 Å². The molecule has 2 heterocycles. The molecule has 0 amide bonds. The molecule has 0 radical (unpaired) electrons. The Labute approximate surface area is 71.4 Å². The molecular weight excluding hydrogens is 150 g/mol. The van der Waals surface area contributed by atoms with Crippen molar-refractivity contribution in [1.29, 1.82) is 0 Å². The van der Waals surface area contributed by atoms with Crippen LogP contribution in [0.4, 0.5) is 0 Å². The number of aromatic nitrogens is 1. The maximum atomic E-state index is 5.11. The third-order valence-corrected chi connectivity index (χ3v) is 1.94. The maximum absolute atomic E-state index is 5.11. The average Bonchev–Trinajstić information content (AvgIpc) is 2.43. The zero-order valence-electron chi connectivity index (χ0n) is 7.24. The van der Waals surface area contributed by atoms with Gasteiger partial charge in [0.25, 0.3) is 0 Å². The molecule has 0 atom stereocenters. The number of hydrogen-bond donors (Lipinski definition) is 0. The van der Waals surface area contributed by atoms with Gasteiger partial charge in [-0.15, -0.1) is 0 Å². The van der Waals surface area contributed by atoms with Gasteiger partial charge in [-0.1, -0.05) is 0 Å². The first-order chi connectivity index (χ1) is 5.79. The second kappa shape index (κ2) is 2.55. The van der Waals surface area contributed by atoms with Crippen molar-refractivity contribution in [3.05, 3.63) is 36.2 Å². The molecule has 2 rings (SSSR count). The minimum atomic E-state index is 0.887. The quantitative estimate of drug-likeness (QED) is 0.625. The van der Waals surface area contributed by atoms with E-state index in [9.17, 15) is 0 Å². The van der Waals surface area contributed by atoms with Gasteiger partial charge in [-0.3, -0.25) is 0 Å². The number of methoxy groups -OCH3 is 1. The van der Waals surface area contributed by atoms with Gasteiger partial charge in [-0.2, -0.15) is 0 Å². The fourth-order valence-corrected chi connectivity index (χ4v) is 1.35. The number of fused-ring (bicyclic) bond motifs is 1. The van der Waals surface area contributed by atoms with Crippen molar-refractivity contribution in [2.75, 3.05) is 7.11 Å². The Kier molecular flexibility index (Phi) is 1.54. The van der Waals surface area contributed by atoms with E-state index in [0.29, 0.717) is 0 Å². The highest BCUT2D eigenvalue weighted by Crippen LogP contribution is 2.14. The van der Waals surface area contributed by atoms with Gasteiger partial charge in [0.05, 0.1) is 13.3 Å². The first kappa shape index (κ1) is 7.22. The van der Waals surface area contributed by atoms with Crippen molar-refractivity contribution < 1.29 is 4.74 Å². The van der Waals surface area contributed by atoms with E-state index >= 15 is 0 Å². The van der Waals surface area contributed by atoms with E-state index in [1.54, 1.807) is 7.11 Å². The van der Waals surface area contributed by atoms with Crippen molar-refractivity contribution in [1.82, 2.24) is 4.40 Å². The smallest absolute Gasteiger partial charge is 0.135 e. The molecule has 0 saturated carbocycles. The number of rotatable bonds is 1. The normalized spacial score (nSPS) is 10.5. The van der Waals surface area contributed by atoms with Gasteiger partial charge in [0, 0.05) is 11.7 Å². The number of pyridine rings is 1. The summed E-state index contributed by atoms with van der Waals surface area (Å²) in [5.74, 6) is 0.887. The summed E-state index contributed by atoms with van der Waals surface area (Å²) in [4.78, 5) is 0. The second-order valence-electron chi connectivity index (χ2n) is 2.92. The Morgan fingerprint density at radius 2 is 2.08 bits per heavy atom. The average molecular weight is 161 g/mol. The summed E-state index contributed by atoms with van der Waals surface area (Å²) in [5, 5.41) is 0. The number of hydrogen-bond acceptors (Lipinski definition) is 1. The van der Waals surface area contributed by atoms with E-state index in [4.69, 9.17) is 4.74 Å². The topological polar surface area (TPSA) is 13.6 Å². The minimum absolute atomic E-state index is 0.887. The Bertz CT molecular complexity index is 403. The monoisotopic (exact) mass is 161 g/mol. The molecule has 0 saturated heterocycles. The van der Waals surface area contributed by atoms with Crippen LogP contribution in [-0.2, 0) is 0 Å². The number of nitrogens with zero attached hydrogens (tertiary/aromatic N) is 1. The van der Waals surface area contributed by atoms with Crippen LogP contribution >= 0.6 is 0 Å². The summed E-state index contributed by atoms with van der Waals surface area (Å²) in [5.41, 5.74) is 2.47. The van der Waals surface area contributed by atoms with E-state index in [2.05, 4.69) is 23.6 Å². The molecule has 0 fully saturated rings. The molecule has 12 heavy (non-hydrogen) atoms. The van der Waals surface area contributed by atoms with Crippen molar-refractivity contribution >= 4 is 5.52 Å². The SMILES string of the molecule is COc1ccc2cc(C)cn2c1. The maximum Gasteiger partial charge on any atom is 0.135 e. The third kappa shape index (κ3) is 1.05. The van der Waals surface area contributed by atoms with Crippen LogP contribution in [0.5, 0.6) is 5.75 Å². The second-order valence-corrected chi connectivity index (χ2v) is 2.92. The van der Waals surface area contributed by atoms with Crippen LogP contribution in [-0.4, -0.2) is 11.5 Å². The zero-order chi connectivity index (χ0) is 8.55. The fourth-order valence-electron chi connectivity index (χ4n) is 1.35. The van der Waals surface area contributed by atoms with Crippen LogP contribution in [0.2, 0.25) is 0 Å². The molecule has 0 aromatic carbocycles. The molecule has 0 aliphatic carbocycles. The molecule has 2 nitrogen and oxygen atoms in total. The third-order valence-electron chi connectivity index (χ3n) is 1.94. The Morgan fingerprint density at radius 1 is 1.25 bits per heavy atom. The van der Waals surface area contributed by atoms with Crippen LogP contribution in [0.3, 0.4) is 0 Å². The zero-order valence-corrected chi connectivity index (χ0v) is 7.24. The summed E-state index contributed by atoms with van der Waals surface area (Å²) in [6.45, 7) is 2.08. The van der Waals surface area contributed by atoms with Gasteiger partial charge in [-0.25, -0.2) is 0 Å². The lowest BCUT2D eigenvalue weighted by Gasteiger charge is -1.99. The number of ether oxygens (including phenoxy) is 1. The molecule has 0 aliphatic heterocycles. The number of aryl methyl sites for hydroxylation is 1. The first-order valence-electron chi connectivity index (χ1n) is 3.92. The van der Waals surface area contributed by atoms with Gasteiger partial charge in [0.1, 0.15) is 5.75 Å². The standard InChI is InChI=1S/C10H11NO/c1-8-5-9-3-4-10(12-2)7-11(9)6-8/h3-7H,1-2H3. The van der Waals surface area contributed by atoms with Crippen LogP contribution in [0.1, 0.15) is 5.56 Å². The van der Waals surface area contributed by atoms with E-state index in [-0.39, 0.29) is 0 Å². The van der Waals surface area contributed by atoms with Crippen LogP contribution in [0, 0.1) is 6.92 Å². The van der Waals surface area contributed by atoms with Crippen molar-refractivity contribution in [2.24, 2.45) is 0 Å². The molecule has 0 aliphatic rings. The summed E-state index contributed by atoms with van der Waals surface area (Å²) < 4.78 is 7.17. The molecule has 0 unspecified atom stereocenters. The van der Waals surface area contributed by atoms with Crippen LogP contribution in [0.25, 0.3) is 5.52 Å².